The molecular weight excluding hydrogens is 190 g/mol. The van der Waals surface area contributed by atoms with E-state index in [-0.39, 0.29) is 0 Å². The second-order valence-corrected chi connectivity index (χ2v) is 3.93. The normalized spacial score (nSPS) is 19.3. The van der Waals surface area contributed by atoms with Gasteiger partial charge in [-0.3, -0.25) is 0 Å². The Labute approximate surface area is 87.9 Å². The summed E-state index contributed by atoms with van der Waals surface area (Å²) in [5, 5.41) is 5.74. The number of nitrogens with one attached hydrogen (secondary N) is 2. The predicted molar refractivity (Wildman–Crippen MR) is 60.1 cm³/mol. The fourth-order valence-corrected chi connectivity index (χ4v) is 1.83. The van der Waals surface area contributed by atoms with Crippen molar-refractivity contribution in [1.29, 1.82) is 0 Å². The molecular formula is C10H13N5. The largest absolute Gasteiger partial charge is 0.399 e. The topological polar surface area (TPSA) is 65.7 Å². The Morgan fingerprint density at radius 2 is 2.27 bits per heavy atom. The molecule has 0 saturated heterocycles. The van der Waals surface area contributed by atoms with E-state index < -0.39 is 0 Å². The number of hydrazine groups is 2. The van der Waals surface area contributed by atoms with Crippen LogP contribution in [0.15, 0.2) is 23.3 Å². The SMILES string of the molecule is Nc1ccc(C2CC2)c(N2C=NNN2)c1. The molecule has 0 bridgehead atoms. The number of nitrogens with zero attached hydrogens (tertiary/aromatic N) is 2. The highest BCUT2D eigenvalue weighted by atomic mass is 15.8. The van der Waals surface area contributed by atoms with Crippen molar-refractivity contribution in [3.8, 4) is 0 Å². The number of hydrogen-bond donors (Lipinski definition) is 3. The van der Waals surface area contributed by atoms with Crippen molar-refractivity contribution in [3.05, 3.63) is 23.8 Å². The molecule has 2 aliphatic rings. The van der Waals surface area contributed by atoms with Crippen LogP contribution in [0.2, 0.25) is 0 Å². The van der Waals surface area contributed by atoms with E-state index in [4.69, 9.17) is 5.73 Å². The van der Waals surface area contributed by atoms with Crippen LogP contribution in [0.4, 0.5) is 11.4 Å². The molecule has 0 spiro atoms. The van der Waals surface area contributed by atoms with Crippen LogP contribution in [0.5, 0.6) is 0 Å². The predicted octanol–water partition coefficient (Wildman–Crippen LogP) is 0.919. The van der Waals surface area contributed by atoms with Crippen molar-refractivity contribution in [2.24, 2.45) is 5.10 Å². The molecule has 1 heterocycles. The summed E-state index contributed by atoms with van der Waals surface area (Å²) in [7, 11) is 0. The molecule has 0 aromatic heterocycles. The summed E-state index contributed by atoms with van der Waals surface area (Å²) < 4.78 is 0. The van der Waals surface area contributed by atoms with Crippen LogP contribution in [0.3, 0.4) is 0 Å². The van der Waals surface area contributed by atoms with E-state index in [1.54, 1.807) is 6.34 Å². The highest BCUT2D eigenvalue weighted by Gasteiger charge is 2.28. The third-order valence-corrected chi connectivity index (χ3v) is 2.74. The first kappa shape index (κ1) is 8.55. The first-order valence-corrected chi connectivity index (χ1v) is 5.07. The van der Waals surface area contributed by atoms with E-state index in [0.717, 1.165) is 11.4 Å². The summed E-state index contributed by atoms with van der Waals surface area (Å²) in [5.41, 5.74) is 14.6. The molecule has 3 rings (SSSR count). The maximum absolute atomic E-state index is 5.80. The highest BCUT2D eigenvalue weighted by Crippen LogP contribution is 2.44. The van der Waals surface area contributed by atoms with Crippen LogP contribution < -0.4 is 21.8 Å². The van der Waals surface area contributed by atoms with Gasteiger partial charge in [0.05, 0.1) is 5.69 Å². The quantitative estimate of drug-likeness (QED) is 0.625. The molecule has 15 heavy (non-hydrogen) atoms. The van der Waals surface area contributed by atoms with Gasteiger partial charge in [-0.05, 0) is 36.5 Å². The maximum Gasteiger partial charge on any atom is 0.133 e. The van der Waals surface area contributed by atoms with Gasteiger partial charge >= 0.3 is 0 Å². The van der Waals surface area contributed by atoms with E-state index in [1.807, 2.05) is 17.1 Å². The molecule has 1 aliphatic heterocycles. The Morgan fingerprint density at radius 3 is 2.93 bits per heavy atom. The van der Waals surface area contributed by atoms with Crippen LogP contribution in [0, 0.1) is 0 Å². The number of hydrazone groups is 1. The standard InChI is InChI=1S/C10H13N5/c11-8-3-4-9(7-1-2-7)10(5-8)15-6-12-13-14-15/h3-7,13-14H,1-2,11H2. The second kappa shape index (κ2) is 3.13. The molecule has 4 N–H and O–H groups in total. The van der Waals surface area contributed by atoms with E-state index in [9.17, 15) is 0 Å². The fraction of sp³-hybridized carbons (Fsp3) is 0.300. The van der Waals surface area contributed by atoms with Gasteiger partial charge in [-0.1, -0.05) is 6.07 Å². The van der Waals surface area contributed by atoms with Gasteiger partial charge in [0.1, 0.15) is 6.34 Å². The Morgan fingerprint density at radius 1 is 1.40 bits per heavy atom. The number of hydrogen-bond acceptors (Lipinski definition) is 5. The number of rotatable bonds is 2. The van der Waals surface area contributed by atoms with Crippen LogP contribution in [-0.4, -0.2) is 6.34 Å². The van der Waals surface area contributed by atoms with Gasteiger partial charge in [0.15, 0.2) is 0 Å². The zero-order valence-electron chi connectivity index (χ0n) is 8.27. The van der Waals surface area contributed by atoms with E-state index >= 15 is 0 Å². The Balaban J connectivity index is 2.02. The van der Waals surface area contributed by atoms with Crippen molar-refractivity contribution >= 4 is 17.7 Å². The highest BCUT2D eigenvalue weighted by molar-refractivity contribution is 5.82. The summed E-state index contributed by atoms with van der Waals surface area (Å²) >= 11 is 0. The molecule has 5 nitrogen and oxygen atoms in total. The van der Waals surface area contributed by atoms with Crippen molar-refractivity contribution < 1.29 is 0 Å². The molecule has 1 fully saturated rings. The molecule has 1 aromatic rings. The second-order valence-electron chi connectivity index (χ2n) is 3.93. The van der Waals surface area contributed by atoms with Crippen molar-refractivity contribution in [2.45, 2.75) is 18.8 Å². The zero-order valence-corrected chi connectivity index (χ0v) is 8.27. The van der Waals surface area contributed by atoms with E-state index in [1.165, 1.54) is 18.4 Å². The Hall–Kier alpha value is -1.75. The van der Waals surface area contributed by atoms with Gasteiger partial charge < -0.3 is 5.73 Å². The molecule has 0 unspecified atom stereocenters. The van der Waals surface area contributed by atoms with Gasteiger partial charge in [0, 0.05) is 5.69 Å². The molecule has 1 aliphatic carbocycles. The van der Waals surface area contributed by atoms with Gasteiger partial charge in [-0.25, -0.2) is 10.5 Å². The van der Waals surface area contributed by atoms with Crippen LogP contribution in [0.25, 0.3) is 0 Å². The fourth-order valence-electron chi connectivity index (χ4n) is 1.83. The molecule has 78 valence electrons. The number of anilines is 2. The number of benzene rings is 1. The Kier molecular flexibility index (Phi) is 1.78. The summed E-state index contributed by atoms with van der Waals surface area (Å²) in [6, 6.07) is 6.04. The molecule has 5 heteroatoms. The maximum atomic E-state index is 5.80. The lowest BCUT2D eigenvalue weighted by atomic mass is 10.1. The summed E-state index contributed by atoms with van der Waals surface area (Å²) in [4.78, 5) is 0. The molecule has 1 aromatic carbocycles. The smallest absolute Gasteiger partial charge is 0.133 e. The minimum Gasteiger partial charge on any atom is -0.399 e. The van der Waals surface area contributed by atoms with E-state index in [0.29, 0.717) is 5.92 Å². The average molecular weight is 203 g/mol. The molecule has 0 atom stereocenters. The lowest BCUT2D eigenvalue weighted by Gasteiger charge is -2.18. The van der Waals surface area contributed by atoms with Gasteiger partial charge in [0.25, 0.3) is 0 Å². The molecule has 1 saturated carbocycles. The van der Waals surface area contributed by atoms with Crippen molar-refractivity contribution in [1.82, 2.24) is 11.1 Å². The lowest BCUT2D eigenvalue weighted by molar-refractivity contribution is 0.622. The molecule has 0 radical (unpaired) electrons. The monoisotopic (exact) mass is 203 g/mol. The van der Waals surface area contributed by atoms with E-state index in [2.05, 4.69) is 22.2 Å². The minimum atomic E-state index is 0.691. The number of nitrogen functional groups attached to an aromatic ring is 1. The Bertz CT molecular complexity index is 410. The van der Waals surface area contributed by atoms with Crippen LogP contribution in [-0.2, 0) is 0 Å². The summed E-state index contributed by atoms with van der Waals surface area (Å²) in [6.07, 6.45) is 4.26. The first-order chi connectivity index (χ1) is 7.34. The van der Waals surface area contributed by atoms with Gasteiger partial charge in [-0.2, -0.15) is 5.10 Å². The van der Waals surface area contributed by atoms with Gasteiger partial charge in [0.2, 0.25) is 0 Å². The van der Waals surface area contributed by atoms with Gasteiger partial charge in [-0.15, -0.1) is 5.53 Å². The lowest BCUT2D eigenvalue weighted by Crippen LogP contribution is -2.37. The first-order valence-electron chi connectivity index (χ1n) is 5.07. The van der Waals surface area contributed by atoms with Crippen LogP contribution in [0.1, 0.15) is 24.3 Å². The van der Waals surface area contributed by atoms with Crippen molar-refractivity contribution in [3.63, 3.8) is 0 Å². The third-order valence-electron chi connectivity index (χ3n) is 2.74. The van der Waals surface area contributed by atoms with Crippen molar-refractivity contribution in [2.75, 3.05) is 10.7 Å². The average Bonchev–Trinajstić information content (AvgIpc) is 2.94. The summed E-state index contributed by atoms with van der Waals surface area (Å²) in [5.74, 6) is 0.691. The minimum absolute atomic E-state index is 0.691. The molecule has 0 amide bonds. The number of nitrogens with two attached hydrogens (primary N) is 1. The third kappa shape index (κ3) is 1.50. The summed E-state index contributed by atoms with van der Waals surface area (Å²) in [6.45, 7) is 0. The van der Waals surface area contributed by atoms with Crippen LogP contribution >= 0.6 is 0 Å². The zero-order chi connectivity index (χ0) is 10.3.